The van der Waals surface area contributed by atoms with Crippen molar-refractivity contribution < 1.29 is 14.3 Å². The summed E-state index contributed by atoms with van der Waals surface area (Å²) in [6, 6.07) is 12.8. The number of carbonyl (C=O) groups excluding carboxylic acids is 2. The Kier molecular flexibility index (Phi) is 4.21. The molecule has 2 aromatic carbocycles. The van der Waals surface area contributed by atoms with E-state index in [9.17, 15) is 9.59 Å². The van der Waals surface area contributed by atoms with Gasteiger partial charge in [-0.2, -0.15) is 0 Å². The predicted octanol–water partition coefficient (Wildman–Crippen LogP) is 4.06. The fraction of sp³-hybridized carbons (Fsp3) is 0.263. The minimum Gasteiger partial charge on any atom is -0.467 e. The molecule has 0 aliphatic carbocycles. The van der Waals surface area contributed by atoms with Gasteiger partial charge in [0.1, 0.15) is 6.04 Å². The Morgan fingerprint density at radius 2 is 1.96 bits per heavy atom. The molecule has 128 valence electrons. The lowest BCUT2D eigenvalue weighted by Crippen LogP contribution is -2.43. The van der Waals surface area contributed by atoms with Gasteiger partial charge in [0.25, 0.3) is 0 Å². The van der Waals surface area contributed by atoms with Crippen LogP contribution in [-0.4, -0.2) is 29.9 Å². The number of ether oxygens (including phenoxy) is 1. The summed E-state index contributed by atoms with van der Waals surface area (Å²) < 4.78 is 4.94. The second-order valence-corrected chi connectivity index (χ2v) is 7.62. The van der Waals surface area contributed by atoms with Crippen LogP contribution in [-0.2, 0) is 14.3 Å². The third kappa shape index (κ3) is 2.71. The van der Waals surface area contributed by atoms with E-state index in [2.05, 4.69) is 0 Å². The van der Waals surface area contributed by atoms with Crippen LogP contribution >= 0.6 is 23.4 Å². The molecule has 4 nitrogen and oxygen atoms in total. The Morgan fingerprint density at radius 3 is 2.76 bits per heavy atom. The molecule has 0 saturated carbocycles. The van der Waals surface area contributed by atoms with Gasteiger partial charge >= 0.3 is 5.97 Å². The number of halogens is 1. The van der Waals surface area contributed by atoms with Crippen LogP contribution in [0.15, 0.2) is 52.3 Å². The first-order chi connectivity index (χ1) is 12.1. The minimum absolute atomic E-state index is 0.0342. The van der Waals surface area contributed by atoms with Crippen LogP contribution in [0.5, 0.6) is 0 Å². The molecule has 1 saturated heterocycles. The molecule has 2 aliphatic rings. The summed E-state index contributed by atoms with van der Waals surface area (Å²) in [5, 5.41) is 0.616. The second-order valence-electron chi connectivity index (χ2n) is 6.10. The number of carbonyl (C=O) groups is 2. The van der Waals surface area contributed by atoms with Gasteiger partial charge in [0.05, 0.1) is 13.2 Å². The number of hydrogen-bond donors (Lipinski definition) is 0. The molecule has 0 spiro atoms. The zero-order valence-electron chi connectivity index (χ0n) is 13.6. The molecule has 0 aromatic heterocycles. The first kappa shape index (κ1) is 16.5. The Hall–Kier alpha value is -1.98. The van der Waals surface area contributed by atoms with Crippen LogP contribution < -0.4 is 0 Å². The van der Waals surface area contributed by atoms with Crippen molar-refractivity contribution in [2.24, 2.45) is 0 Å². The molecule has 25 heavy (non-hydrogen) atoms. The molecule has 0 bridgehead atoms. The van der Waals surface area contributed by atoms with E-state index in [4.69, 9.17) is 16.3 Å². The van der Waals surface area contributed by atoms with Crippen molar-refractivity contribution in [2.45, 2.75) is 34.7 Å². The van der Waals surface area contributed by atoms with E-state index in [0.717, 1.165) is 20.9 Å². The number of hydrogen-bond acceptors (Lipinski definition) is 4. The van der Waals surface area contributed by atoms with Gasteiger partial charge in [0.2, 0.25) is 5.91 Å². The first-order valence-electron chi connectivity index (χ1n) is 8.05. The maximum absolute atomic E-state index is 12.7. The predicted molar refractivity (Wildman–Crippen MR) is 95.7 cm³/mol. The normalized spacial score (nSPS) is 21.7. The Balaban J connectivity index is 1.90. The topological polar surface area (TPSA) is 46.6 Å². The molecule has 0 N–H and O–H groups in total. The standard InChI is InChI=1S/C19H16ClNO3S/c1-24-19(23)14-7-9-17(22)21(14)18-12-4-2-3-5-15(12)25-16-8-6-11(20)10-13(16)18/h2-6,8,10,14,18H,7,9H2,1H3. The Labute approximate surface area is 155 Å². The van der Waals surface area contributed by atoms with E-state index >= 15 is 0 Å². The molecule has 2 aliphatic heterocycles. The van der Waals surface area contributed by atoms with Crippen LogP contribution in [0.3, 0.4) is 0 Å². The highest BCUT2D eigenvalue weighted by Crippen LogP contribution is 2.49. The summed E-state index contributed by atoms with van der Waals surface area (Å²) in [7, 11) is 1.36. The molecular weight excluding hydrogens is 358 g/mol. The molecule has 2 unspecified atom stereocenters. The van der Waals surface area contributed by atoms with Gasteiger partial charge in [0.15, 0.2) is 0 Å². The van der Waals surface area contributed by atoms with E-state index in [1.54, 1.807) is 16.7 Å². The van der Waals surface area contributed by atoms with Gasteiger partial charge in [-0.15, -0.1) is 0 Å². The SMILES string of the molecule is COC(=O)C1CCC(=O)N1C1c2ccccc2Sc2ccc(Cl)cc21. The molecule has 4 rings (SSSR count). The largest absolute Gasteiger partial charge is 0.467 e. The lowest BCUT2D eigenvalue weighted by molar-refractivity contribution is -0.150. The molecule has 6 heteroatoms. The van der Waals surface area contributed by atoms with Gasteiger partial charge in [-0.3, -0.25) is 4.79 Å². The fourth-order valence-corrected chi connectivity index (χ4v) is 4.89. The third-order valence-electron chi connectivity index (χ3n) is 4.71. The number of rotatable bonds is 2. The van der Waals surface area contributed by atoms with Crippen molar-refractivity contribution in [3.63, 3.8) is 0 Å². The maximum atomic E-state index is 12.7. The molecule has 1 amide bonds. The summed E-state index contributed by atoms with van der Waals surface area (Å²) in [6.45, 7) is 0. The van der Waals surface area contributed by atoms with Crippen molar-refractivity contribution in [1.29, 1.82) is 0 Å². The third-order valence-corrected chi connectivity index (χ3v) is 6.13. The van der Waals surface area contributed by atoms with E-state index < -0.39 is 6.04 Å². The van der Waals surface area contributed by atoms with Crippen molar-refractivity contribution >= 4 is 35.2 Å². The lowest BCUT2D eigenvalue weighted by atomic mass is 9.95. The summed E-state index contributed by atoms with van der Waals surface area (Å²) in [5.41, 5.74) is 1.98. The average molecular weight is 374 g/mol. The van der Waals surface area contributed by atoms with E-state index in [0.29, 0.717) is 17.9 Å². The maximum Gasteiger partial charge on any atom is 0.328 e. The van der Waals surface area contributed by atoms with Crippen molar-refractivity contribution in [3.8, 4) is 0 Å². The van der Waals surface area contributed by atoms with Crippen molar-refractivity contribution in [2.75, 3.05) is 7.11 Å². The zero-order valence-corrected chi connectivity index (χ0v) is 15.1. The summed E-state index contributed by atoms with van der Waals surface area (Å²) in [6.07, 6.45) is 0.828. The van der Waals surface area contributed by atoms with Gasteiger partial charge < -0.3 is 9.64 Å². The summed E-state index contributed by atoms with van der Waals surface area (Å²) in [4.78, 5) is 28.8. The zero-order chi connectivity index (χ0) is 17.6. The Bertz CT molecular complexity index is 869. The van der Waals surface area contributed by atoms with Crippen molar-refractivity contribution in [1.82, 2.24) is 4.90 Å². The molecule has 2 heterocycles. The van der Waals surface area contributed by atoms with Gasteiger partial charge in [-0.1, -0.05) is 41.6 Å². The van der Waals surface area contributed by atoms with Gasteiger partial charge in [0, 0.05) is 21.2 Å². The van der Waals surface area contributed by atoms with Crippen LogP contribution in [0.4, 0.5) is 0 Å². The molecule has 2 atom stereocenters. The number of methoxy groups -OCH3 is 1. The van der Waals surface area contributed by atoms with Crippen molar-refractivity contribution in [3.05, 3.63) is 58.6 Å². The summed E-state index contributed by atoms with van der Waals surface area (Å²) in [5.74, 6) is -0.404. The number of fused-ring (bicyclic) bond motifs is 2. The lowest BCUT2D eigenvalue weighted by Gasteiger charge is -2.37. The van der Waals surface area contributed by atoms with E-state index in [-0.39, 0.29) is 17.9 Å². The van der Waals surface area contributed by atoms with E-state index in [1.807, 2.05) is 42.5 Å². The second kappa shape index (κ2) is 6.39. The number of amides is 1. The van der Waals surface area contributed by atoms with Crippen LogP contribution in [0.25, 0.3) is 0 Å². The fourth-order valence-electron chi connectivity index (χ4n) is 3.60. The van der Waals surface area contributed by atoms with Gasteiger partial charge in [-0.25, -0.2) is 4.79 Å². The highest BCUT2D eigenvalue weighted by Gasteiger charge is 2.44. The van der Waals surface area contributed by atoms with E-state index in [1.165, 1.54) is 7.11 Å². The quantitative estimate of drug-likeness (QED) is 0.745. The number of esters is 1. The minimum atomic E-state index is -0.564. The molecule has 2 aromatic rings. The highest BCUT2D eigenvalue weighted by atomic mass is 35.5. The highest BCUT2D eigenvalue weighted by molar-refractivity contribution is 7.99. The van der Waals surface area contributed by atoms with Crippen LogP contribution in [0.1, 0.15) is 30.0 Å². The van der Waals surface area contributed by atoms with Crippen LogP contribution in [0.2, 0.25) is 5.02 Å². The van der Waals surface area contributed by atoms with Crippen LogP contribution in [0, 0.1) is 0 Å². The summed E-state index contributed by atoms with van der Waals surface area (Å²) >= 11 is 7.89. The monoisotopic (exact) mass is 373 g/mol. The van der Waals surface area contributed by atoms with Gasteiger partial charge in [-0.05, 0) is 41.8 Å². The number of likely N-dealkylation sites (tertiary alicyclic amines) is 1. The molecule has 0 radical (unpaired) electrons. The number of nitrogens with zero attached hydrogens (tertiary/aromatic N) is 1. The molecule has 1 fully saturated rings. The molecular formula is C19H16ClNO3S. The average Bonchev–Trinajstić information content (AvgIpc) is 3.00. The smallest absolute Gasteiger partial charge is 0.328 e. The Morgan fingerprint density at radius 1 is 1.20 bits per heavy atom. The number of benzene rings is 2. The first-order valence-corrected chi connectivity index (χ1v) is 9.25.